The first kappa shape index (κ1) is 22.1. The average molecular weight is 453 g/mol. The lowest BCUT2D eigenvalue weighted by Gasteiger charge is -2.15. The number of nitrogens with one attached hydrogen (secondary N) is 2. The maximum atomic E-state index is 13.3. The third-order valence-corrected chi connectivity index (χ3v) is 4.54. The predicted molar refractivity (Wildman–Crippen MR) is 108 cm³/mol. The highest BCUT2D eigenvalue weighted by molar-refractivity contribution is 6.32. The van der Waals surface area contributed by atoms with Crippen molar-refractivity contribution in [2.45, 2.75) is 13.1 Å². The third kappa shape index (κ3) is 4.45. The summed E-state index contributed by atoms with van der Waals surface area (Å²) in [6.45, 7) is 1.59. The van der Waals surface area contributed by atoms with E-state index in [0.717, 1.165) is 0 Å². The summed E-state index contributed by atoms with van der Waals surface area (Å²) in [6.07, 6.45) is -3.52. The number of aromatic nitrogens is 3. The van der Waals surface area contributed by atoms with Crippen molar-refractivity contribution < 1.29 is 22.8 Å². The molecule has 0 aliphatic heterocycles. The smallest absolute Gasteiger partial charge is 0.399 e. The van der Waals surface area contributed by atoms with E-state index in [1.165, 1.54) is 37.5 Å². The van der Waals surface area contributed by atoms with Crippen LogP contribution in [0.4, 0.5) is 24.5 Å². The fourth-order valence-corrected chi connectivity index (χ4v) is 3.05. The second-order valence-corrected chi connectivity index (χ2v) is 6.83. The number of amides is 2. The van der Waals surface area contributed by atoms with Gasteiger partial charge < -0.3 is 16.4 Å². The molecule has 3 aromatic rings. The molecule has 4 N–H and O–H groups in total. The van der Waals surface area contributed by atoms with E-state index < -0.39 is 29.4 Å². The molecule has 0 saturated heterocycles. The zero-order valence-corrected chi connectivity index (χ0v) is 17.0. The fraction of sp³-hybridized carbons (Fsp3) is 0.158. The zero-order valence-electron chi connectivity index (χ0n) is 16.2. The van der Waals surface area contributed by atoms with Gasteiger partial charge in [0.05, 0.1) is 16.3 Å². The first-order valence-corrected chi connectivity index (χ1v) is 9.12. The summed E-state index contributed by atoms with van der Waals surface area (Å²) in [6, 6.07) is 6.31. The van der Waals surface area contributed by atoms with Crippen LogP contribution in [-0.2, 0) is 6.18 Å². The molecule has 2 aromatic heterocycles. The minimum Gasteiger partial charge on any atom is -0.399 e. The average Bonchev–Trinajstić information content (AvgIpc) is 3.15. The largest absolute Gasteiger partial charge is 0.435 e. The van der Waals surface area contributed by atoms with E-state index in [2.05, 4.69) is 20.7 Å². The second kappa shape index (κ2) is 8.26. The van der Waals surface area contributed by atoms with Crippen molar-refractivity contribution in [3.05, 3.63) is 64.1 Å². The first-order chi connectivity index (χ1) is 14.5. The van der Waals surface area contributed by atoms with E-state index in [1.807, 2.05) is 0 Å². The number of benzene rings is 1. The van der Waals surface area contributed by atoms with Crippen molar-refractivity contribution in [2.24, 2.45) is 0 Å². The molecular weight excluding hydrogens is 437 g/mol. The van der Waals surface area contributed by atoms with Gasteiger partial charge in [0.2, 0.25) is 0 Å². The molecule has 2 amide bonds. The molecule has 31 heavy (non-hydrogen) atoms. The SMILES string of the molecule is CNC(=O)c1cc(N)cc(C)c1NC(=O)c1cc(C(F)(F)F)nn1-c1ncccc1Cl. The summed E-state index contributed by atoms with van der Waals surface area (Å²) in [7, 11) is 1.39. The molecule has 0 fully saturated rings. The molecule has 8 nitrogen and oxygen atoms in total. The Kier molecular flexibility index (Phi) is 5.89. The molecule has 0 atom stereocenters. The number of carbonyl (C=O) groups is 2. The highest BCUT2D eigenvalue weighted by Gasteiger charge is 2.36. The number of rotatable bonds is 4. The highest BCUT2D eigenvalue weighted by Crippen LogP contribution is 2.31. The molecule has 2 heterocycles. The maximum Gasteiger partial charge on any atom is 0.435 e. The molecule has 162 valence electrons. The molecular formula is C19H16ClF3N6O2. The van der Waals surface area contributed by atoms with E-state index in [9.17, 15) is 22.8 Å². The number of nitrogens with zero attached hydrogens (tertiary/aromatic N) is 3. The fourth-order valence-electron chi connectivity index (χ4n) is 2.85. The summed E-state index contributed by atoms with van der Waals surface area (Å²) in [5.74, 6) is -1.66. The van der Waals surface area contributed by atoms with Crippen molar-refractivity contribution >= 4 is 34.8 Å². The van der Waals surface area contributed by atoms with Crippen LogP contribution in [0.1, 0.15) is 32.1 Å². The van der Waals surface area contributed by atoms with Crippen LogP contribution in [0.5, 0.6) is 0 Å². The van der Waals surface area contributed by atoms with Gasteiger partial charge in [-0.15, -0.1) is 0 Å². The Morgan fingerprint density at radius 1 is 1.19 bits per heavy atom. The van der Waals surface area contributed by atoms with Crippen LogP contribution in [-0.4, -0.2) is 33.6 Å². The van der Waals surface area contributed by atoms with Crippen LogP contribution in [0.15, 0.2) is 36.5 Å². The van der Waals surface area contributed by atoms with Gasteiger partial charge >= 0.3 is 6.18 Å². The number of hydrogen-bond acceptors (Lipinski definition) is 5. The van der Waals surface area contributed by atoms with Gasteiger partial charge in [-0.25, -0.2) is 9.67 Å². The Morgan fingerprint density at radius 3 is 2.52 bits per heavy atom. The van der Waals surface area contributed by atoms with Crippen LogP contribution in [0.2, 0.25) is 5.02 Å². The normalized spacial score (nSPS) is 11.3. The van der Waals surface area contributed by atoms with Gasteiger partial charge in [0.25, 0.3) is 11.8 Å². The van der Waals surface area contributed by atoms with Gasteiger partial charge in [-0.1, -0.05) is 11.6 Å². The van der Waals surface area contributed by atoms with Crippen LogP contribution in [0.25, 0.3) is 5.82 Å². The minimum absolute atomic E-state index is 0.0110. The minimum atomic E-state index is -4.81. The van der Waals surface area contributed by atoms with Crippen molar-refractivity contribution in [1.29, 1.82) is 0 Å². The summed E-state index contributed by atoms with van der Waals surface area (Å²) >= 11 is 6.04. The van der Waals surface area contributed by atoms with E-state index in [4.69, 9.17) is 17.3 Å². The van der Waals surface area contributed by atoms with Gasteiger partial charge in [0.1, 0.15) is 5.69 Å². The van der Waals surface area contributed by atoms with Crippen LogP contribution in [0, 0.1) is 6.92 Å². The lowest BCUT2D eigenvalue weighted by atomic mass is 10.1. The molecule has 1 aromatic carbocycles. The summed E-state index contributed by atoms with van der Waals surface area (Å²) in [5.41, 5.74) is 4.84. The van der Waals surface area contributed by atoms with Gasteiger partial charge in [0, 0.05) is 25.0 Å². The number of halogens is 4. The van der Waals surface area contributed by atoms with Crippen LogP contribution < -0.4 is 16.4 Å². The van der Waals surface area contributed by atoms with Gasteiger partial charge in [-0.2, -0.15) is 18.3 Å². The van der Waals surface area contributed by atoms with E-state index in [-0.39, 0.29) is 27.8 Å². The number of anilines is 2. The number of nitrogens with two attached hydrogens (primary N) is 1. The molecule has 0 saturated carbocycles. The van der Waals surface area contributed by atoms with Crippen LogP contribution >= 0.6 is 11.6 Å². The summed E-state index contributed by atoms with van der Waals surface area (Å²) in [4.78, 5) is 29.1. The number of carbonyl (C=O) groups excluding carboxylic acids is 2. The molecule has 3 rings (SSSR count). The molecule has 0 aliphatic carbocycles. The van der Waals surface area contributed by atoms with Crippen molar-refractivity contribution in [1.82, 2.24) is 20.1 Å². The predicted octanol–water partition coefficient (Wildman–Crippen LogP) is 3.44. The zero-order chi connectivity index (χ0) is 22.9. The monoisotopic (exact) mass is 452 g/mol. The second-order valence-electron chi connectivity index (χ2n) is 6.43. The Morgan fingerprint density at radius 2 is 1.90 bits per heavy atom. The quantitative estimate of drug-likeness (QED) is 0.524. The standard InChI is InChI=1S/C19H16ClF3N6O2/c1-9-6-10(24)7-11(17(30)25-2)15(9)27-18(31)13-8-14(19(21,22)23)28-29(13)16-12(20)4-3-5-26-16/h3-8H,24H2,1-2H3,(H,25,30)(H,27,31). The highest BCUT2D eigenvalue weighted by atomic mass is 35.5. The van der Waals surface area contributed by atoms with Crippen LogP contribution in [0.3, 0.4) is 0 Å². The van der Waals surface area contributed by atoms with E-state index in [1.54, 1.807) is 6.92 Å². The lowest BCUT2D eigenvalue weighted by molar-refractivity contribution is -0.141. The summed E-state index contributed by atoms with van der Waals surface area (Å²) < 4.78 is 40.6. The van der Waals surface area contributed by atoms with E-state index in [0.29, 0.717) is 16.3 Å². The molecule has 0 aliphatic rings. The Labute approximate surface area is 179 Å². The molecule has 0 spiro atoms. The number of hydrogen-bond donors (Lipinski definition) is 3. The summed E-state index contributed by atoms with van der Waals surface area (Å²) in [5, 5.41) is 8.35. The Bertz CT molecular complexity index is 1180. The number of nitrogen functional groups attached to an aromatic ring is 1. The maximum absolute atomic E-state index is 13.3. The van der Waals surface area contributed by atoms with E-state index >= 15 is 0 Å². The number of pyridine rings is 1. The number of aryl methyl sites for hydroxylation is 1. The lowest BCUT2D eigenvalue weighted by Crippen LogP contribution is -2.24. The van der Waals surface area contributed by atoms with Crippen molar-refractivity contribution in [3.63, 3.8) is 0 Å². The van der Waals surface area contributed by atoms with Gasteiger partial charge in [0.15, 0.2) is 11.5 Å². The molecule has 0 bridgehead atoms. The molecule has 0 unspecified atom stereocenters. The molecule has 0 radical (unpaired) electrons. The first-order valence-electron chi connectivity index (χ1n) is 8.74. The van der Waals surface area contributed by atoms with Gasteiger partial charge in [-0.3, -0.25) is 9.59 Å². The Hall–Kier alpha value is -3.60. The topological polar surface area (TPSA) is 115 Å². The molecule has 12 heteroatoms. The Balaban J connectivity index is 2.12. The van der Waals surface area contributed by atoms with Crippen molar-refractivity contribution in [3.8, 4) is 5.82 Å². The third-order valence-electron chi connectivity index (χ3n) is 4.24. The van der Waals surface area contributed by atoms with Gasteiger partial charge in [-0.05, 0) is 36.8 Å². The number of alkyl halides is 3. The van der Waals surface area contributed by atoms with Crippen molar-refractivity contribution in [2.75, 3.05) is 18.1 Å².